The Hall–Kier alpha value is -2.66. The quantitative estimate of drug-likeness (QED) is 0.566. The Bertz CT molecular complexity index is 641. The van der Waals surface area contributed by atoms with Gasteiger partial charge in [-0.15, -0.1) is 0 Å². The Balaban J connectivity index is 2.04. The molecule has 0 aliphatic rings. The summed E-state index contributed by atoms with van der Waals surface area (Å²) in [5.74, 6) is -0.0926. The highest BCUT2D eigenvalue weighted by Gasteiger charge is 2.09. The standard InChI is InChI=1S/C17H18N2O3/c20-11-5-10-18-17(22)19-15-9-4-8-14(12-15)16(21)13-6-2-1-3-7-13/h1-4,6-9,12,20H,5,10-11H2,(H2,18,19,22). The minimum Gasteiger partial charge on any atom is -0.396 e. The van der Waals surface area contributed by atoms with E-state index >= 15 is 0 Å². The number of urea groups is 1. The van der Waals surface area contributed by atoms with Crippen LogP contribution in [0.25, 0.3) is 0 Å². The fourth-order valence-corrected chi connectivity index (χ4v) is 1.95. The lowest BCUT2D eigenvalue weighted by Crippen LogP contribution is -2.29. The molecule has 0 unspecified atom stereocenters. The summed E-state index contributed by atoms with van der Waals surface area (Å²) in [5, 5.41) is 13.9. The normalized spacial score (nSPS) is 10.0. The summed E-state index contributed by atoms with van der Waals surface area (Å²) in [4.78, 5) is 24.0. The third kappa shape index (κ3) is 4.43. The van der Waals surface area contributed by atoms with Crippen molar-refractivity contribution in [1.82, 2.24) is 5.32 Å². The van der Waals surface area contributed by atoms with Gasteiger partial charge in [-0.1, -0.05) is 42.5 Å². The van der Waals surface area contributed by atoms with Crippen molar-refractivity contribution < 1.29 is 14.7 Å². The van der Waals surface area contributed by atoms with Crippen LogP contribution in [0.5, 0.6) is 0 Å². The predicted octanol–water partition coefficient (Wildman–Crippen LogP) is 2.42. The van der Waals surface area contributed by atoms with Gasteiger partial charge in [0.2, 0.25) is 0 Å². The first-order valence-corrected chi connectivity index (χ1v) is 7.06. The van der Waals surface area contributed by atoms with Crippen LogP contribution in [-0.2, 0) is 0 Å². The summed E-state index contributed by atoms with van der Waals surface area (Å²) >= 11 is 0. The van der Waals surface area contributed by atoms with Crippen LogP contribution < -0.4 is 10.6 Å². The van der Waals surface area contributed by atoms with Gasteiger partial charge >= 0.3 is 6.03 Å². The molecule has 0 radical (unpaired) electrons. The van der Waals surface area contributed by atoms with Crippen molar-refractivity contribution in [3.63, 3.8) is 0 Å². The van der Waals surface area contributed by atoms with Gasteiger partial charge in [0.25, 0.3) is 0 Å². The number of ketones is 1. The van der Waals surface area contributed by atoms with E-state index in [0.717, 1.165) is 0 Å². The summed E-state index contributed by atoms with van der Waals surface area (Å²) in [7, 11) is 0. The Morgan fingerprint density at radius 1 is 0.955 bits per heavy atom. The number of rotatable bonds is 6. The van der Waals surface area contributed by atoms with Crippen molar-refractivity contribution in [2.45, 2.75) is 6.42 Å². The van der Waals surface area contributed by atoms with E-state index in [1.54, 1.807) is 36.4 Å². The first-order valence-electron chi connectivity index (χ1n) is 7.06. The van der Waals surface area contributed by atoms with Crippen LogP contribution in [0.15, 0.2) is 54.6 Å². The molecule has 22 heavy (non-hydrogen) atoms. The fourth-order valence-electron chi connectivity index (χ4n) is 1.95. The molecule has 0 saturated heterocycles. The second-order valence-electron chi connectivity index (χ2n) is 4.73. The van der Waals surface area contributed by atoms with Gasteiger partial charge in [-0.2, -0.15) is 0 Å². The van der Waals surface area contributed by atoms with Gasteiger partial charge in [-0.05, 0) is 18.6 Å². The molecule has 0 saturated carbocycles. The Morgan fingerprint density at radius 2 is 1.68 bits per heavy atom. The zero-order valence-corrected chi connectivity index (χ0v) is 12.1. The number of anilines is 1. The van der Waals surface area contributed by atoms with E-state index in [1.165, 1.54) is 0 Å². The molecule has 2 rings (SSSR count). The number of benzene rings is 2. The molecule has 0 aliphatic heterocycles. The molecule has 2 amide bonds. The maximum atomic E-state index is 12.3. The van der Waals surface area contributed by atoms with E-state index in [-0.39, 0.29) is 18.4 Å². The summed E-state index contributed by atoms with van der Waals surface area (Å²) in [6.45, 7) is 0.423. The molecule has 0 atom stereocenters. The zero-order valence-electron chi connectivity index (χ0n) is 12.1. The monoisotopic (exact) mass is 298 g/mol. The number of nitrogens with one attached hydrogen (secondary N) is 2. The SMILES string of the molecule is O=C(NCCCO)Nc1cccc(C(=O)c2ccccc2)c1. The molecule has 3 N–H and O–H groups in total. The molecule has 114 valence electrons. The van der Waals surface area contributed by atoms with E-state index in [2.05, 4.69) is 10.6 Å². The summed E-state index contributed by atoms with van der Waals surface area (Å²) in [6.07, 6.45) is 0.500. The number of aliphatic hydroxyl groups excluding tert-OH is 1. The smallest absolute Gasteiger partial charge is 0.319 e. The molecular weight excluding hydrogens is 280 g/mol. The molecule has 0 fully saturated rings. The number of hydrogen-bond donors (Lipinski definition) is 3. The van der Waals surface area contributed by atoms with Crippen molar-refractivity contribution >= 4 is 17.5 Å². The van der Waals surface area contributed by atoms with Crippen molar-refractivity contribution in [3.05, 3.63) is 65.7 Å². The Kier molecular flexibility index (Phi) is 5.68. The number of carbonyl (C=O) groups excluding carboxylic acids is 2. The first kappa shape index (κ1) is 15.7. The van der Waals surface area contributed by atoms with Gasteiger partial charge in [-0.25, -0.2) is 4.79 Å². The Morgan fingerprint density at radius 3 is 2.41 bits per heavy atom. The van der Waals surface area contributed by atoms with Gasteiger partial charge in [0.1, 0.15) is 0 Å². The van der Waals surface area contributed by atoms with Crippen LogP contribution in [0.2, 0.25) is 0 Å². The Labute approximate surface area is 129 Å². The molecule has 5 nitrogen and oxygen atoms in total. The molecule has 5 heteroatoms. The first-order chi connectivity index (χ1) is 10.7. The lowest BCUT2D eigenvalue weighted by atomic mass is 10.0. The summed E-state index contributed by atoms with van der Waals surface area (Å²) in [6, 6.07) is 15.4. The van der Waals surface area contributed by atoms with Crippen LogP contribution in [0.3, 0.4) is 0 Å². The van der Waals surface area contributed by atoms with E-state index in [9.17, 15) is 9.59 Å². The minimum atomic E-state index is -0.363. The fraction of sp³-hybridized carbons (Fsp3) is 0.176. The molecule has 2 aromatic carbocycles. The van der Waals surface area contributed by atoms with Gasteiger partial charge in [-0.3, -0.25) is 4.79 Å². The second kappa shape index (κ2) is 7.95. The van der Waals surface area contributed by atoms with Gasteiger partial charge < -0.3 is 15.7 Å². The van der Waals surface area contributed by atoms with E-state index < -0.39 is 0 Å². The predicted molar refractivity (Wildman–Crippen MR) is 85.0 cm³/mol. The number of amides is 2. The average Bonchev–Trinajstić information content (AvgIpc) is 2.55. The van der Waals surface area contributed by atoms with Gasteiger partial charge in [0.05, 0.1) is 0 Å². The van der Waals surface area contributed by atoms with Crippen molar-refractivity contribution in [2.75, 3.05) is 18.5 Å². The second-order valence-corrected chi connectivity index (χ2v) is 4.73. The van der Waals surface area contributed by atoms with Crippen LogP contribution in [0.1, 0.15) is 22.3 Å². The largest absolute Gasteiger partial charge is 0.396 e. The highest BCUT2D eigenvalue weighted by atomic mass is 16.3. The molecule has 0 aromatic heterocycles. The summed E-state index contributed by atoms with van der Waals surface area (Å²) in [5.41, 5.74) is 1.66. The van der Waals surface area contributed by atoms with Gasteiger partial charge in [0.15, 0.2) is 5.78 Å². The van der Waals surface area contributed by atoms with E-state index in [0.29, 0.717) is 29.8 Å². The maximum Gasteiger partial charge on any atom is 0.319 e. The molecule has 0 heterocycles. The maximum absolute atomic E-state index is 12.3. The molecule has 0 bridgehead atoms. The molecular formula is C17H18N2O3. The number of hydrogen-bond acceptors (Lipinski definition) is 3. The molecule has 0 aliphatic carbocycles. The lowest BCUT2D eigenvalue weighted by Gasteiger charge is -2.08. The minimum absolute atomic E-state index is 0.0291. The van der Waals surface area contributed by atoms with E-state index in [1.807, 2.05) is 18.2 Å². The third-order valence-electron chi connectivity index (χ3n) is 3.04. The van der Waals surface area contributed by atoms with Crippen LogP contribution >= 0.6 is 0 Å². The number of aliphatic hydroxyl groups is 1. The van der Waals surface area contributed by atoms with Crippen LogP contribution in [-0.4, -0.2) is 30.1 Å². The number of carbonyl (C=O) groups is 2. The van der Waals surface area contributed by atoms with Crippen molar-refractivity contribution in [1.29, 1.82) is 0 Å². The third-order valence-corrected chi connectivity index (χ3v) is 3.04. The topological polar surface area (TPSA) is 78.4 Å². The molecule has 2 aromatic rings. The van der Waals surface area contributed by atoms with Gasteiger partial charge in [0, 0.05) is 30.0 Å². The van der Waals surface area contributed by atoms with Crippen molar-refractivity contribution in [2.24, 2.45) is 0 Å². The van der Waals surface area contributed by atoms with E-state index in [4.69, 9.17) is 5.11 Å². The van der Waals surface area contributed by atoms with Crippen LogP contribution in [0.4, 0.5) is 10.5 Å². The summed E-state index contributed by atoms with van der Waals surface area (Å²) < 4.78 is 0. The molecule has 0 spiro atoms. The highest BCUT2D eigenvalue weighted by molar-refractivity contribution is 6.09. The zero-order chi connectivity index (χ0) is 15.8. The van der Waals surface area contributed by atoms with Crippen molar-refractivity contribution in [3.8, 4) is 0 Å². The lowest BCUT2D eigenvalue weighted by molar-refractivity contribution is 0.103. The average molecular weight is 298 g/mol. The highest BCUT2D eigenvalue weighted by Crippen LogP contribution is 2.14. The van der Waals surface area contributed by atoms with Crippen LogP contribution in [0, 0.1) is 0 Å².